The molecule has 10 nitrogen and oxygen atoms in total. The van der Waals surface area contributed by atoms with Gasteiger partial charge in [0.25, 0.3) is 5.91 Å². The molecule has 2 aromatic rings. The predicted octanol–water partition coefficient (Wildman–Crippen LogP) is 4.77. The third-order valence-electron chi connectivity index (χ3n) is 9.02. The first-order valence-electron chi connectivity index (χ1n) is 15.9. The Morgan fingerprint density at radius 3 is 2.70 bits per heavy atom. The summed E-state index contributed by atoms with van der Waals surface area (Å²) in [5.41, 5.74) is 2.13. The maximum atomic E-state index is 13.3. The summed E-state index contributed by atoms with van der Waals surface area (Å²) in [7, 11) is -2.44. The fraction of sp³-hybridized carbons (Fsp3) is 0.529. The van der Waals surface area contributed by atoms with Crippen molar-refractivity contribution in [3.05, 3.63) is 70.3 Å². The summed E-state index contributed by atoms with van der Waals surface area (Å²) in [6.45, 7) is 4.91. The summed E-state index contributed by atoms with van der Waals surface area (Å²) < 4.78 is 41.3. The van der Waals surface area contributed by atoms with E-state index in [9.17, 15) is 23.1 Å². The number of methoxy groups -OCH3 is 1. The number of aliphatic hydroxyl groups excluding tert-OH is 1. The number of nitrogens with one attached hydrogen (secondary N) is 2. The maximum Gasteiger partial charge on any atom is 0.264 e. The normalized spacial score (nSPS) is 24.8. The van der Waals surface area contributed by atoms with Gasteiger partial charge in [-0.1, -0.05) is 36.7 Å². The van der Waals surface area contributed by atoms with Crippen molar-refractivity contribution in [1.82, 2.24) is 10.0 Å². The number of allylic oxidation sites excluding steroid dienone is 1. The minimum absolute atomic E-state index is 0.0446. The molecule has 2 heterocycles. The van der Waals surface area contributed by atoms with Crippen molar-refractivity contribution in [2.75, 3.05) is 38.3 Å². The summed E-state index contributed by atoms with van der Waals surface area (Å²) in [5, 5.41) is 11.7. The summed E-state index contributed by atoms with van der Waals surface area (Å²) >= 11 is 6.31. The van der Waals surface area contributed by atoms with Crippen LogP contribution in [0.3, 0.4) is 0 Å². The lowest BCUT2D eigenvalue weighted by Gasteiger charge is -2.32. The molecule has 2 aliphatic heterocycles. The SMILES string of the molecule is CO[C@@]1(CC(=O)NCCO)/C=C/C[C@H](C)[C@@H](C)S(=O)(=O)NC(=O)c2ccc3c(c2)N(CCCCc2cc(Cl)ccc2CO3)CCC1. The maximum absolute atomic E-state index is 13.3. The number of anilines is 1. The van der Waals surface area contributed by atoms with Gasteiger partial charge in [0, 0.05) is 37.3 Å². The zero-order chi connectivity index (χ0) is 33.3. The third-order valence-corrected chi connectivity index (χ3v) is 11.2. The van der Waals surface area contributed by atoms with Crippen LogP contribution in [0.15, 0.2) is 48.6 Å². The first kappa shape index (κ1) is 35.7. The number of carbonyl (C=O) groups is 2. The number of carbonyl (C=O) groups excluding carboxylic acids is 2. The van der Waals surface area contributed by atoms with Crippen molar-refractivity contribution < 1.29 is 32.6 Å². The second kappa shape index (κ2) is 16.1. The summed E-state index contributed by atoms with van der Waals surface area (Å²) in [6, 6.07) is 10.8. The minimum atomic E-state index is -4.01. The Balaban J connectivity index is 1.74. The molecule has 0 unspecified atom stereocenters. The van der Waals surface area contributed by atoms with E-state index < -0.39 is 26.8 Å². The van der Waals surface area contributed by atoms with Gasteiger partial charge in [-0.15, -0.1) is 0 Å². The molecule has 3 N–H and O–H groups in total. The van der Waals surface area contributed by atoms with Crippen molar-refractivity contribution in [1.29, 1.82) is 0 Å². The lowest BCUT2D eigenvalue weighted by atomic mass is 9.90. The van der Waals surface area contributed by atoms with E-state index >= 15 is 0 Å². The van der Waals surface area contributed by atoms with Crippen LogP contribution in [0.1, 0.15) is 73.9 Å². The Morgan fingerprint density at radius 2 is 1.93 bits per heavy atom. The van der Waals surface area contributed by atoms with Crippen molar-refractivity contribution in [3.8, 4) is 5.75 Å². The smallest absolute Gasteiger partial charge is 0.264 e. The molecule has 0 radical (unpaired) electrons. The highest BCUT2D eigenvalue weighted by molar-refractivity contribution is 7.90. The summed E-state index contributed by atoms with van der Waals surface area (Å²) in [5.74, 6) is -0.695. The van der Waals surface area contributed by atoms with Gasteiger partial charge in [-0.25, -0.2) is 13.1 Å². The molecule has 252 valence electrons. The second-order valence-electron chi connectivity index (χ2n) is 12.2. The molecule has 0 fully saturated rings. The van der Waals surface area contributed by atoms with Crippen LogP contribution in [0.2, 0.25) is 5.02 Å². The molecular weight excluding hydrogens is 630 g/mol. The number of nitrogens with zero attached hydrogens (tertiary/aromatic N) is 1. The first-order chi connectivity index (χ1) is 22.0. The molecule has 12 heteroatoms. The highest BCUT2D eigenvalue weighted by Crippen LogP contribution is 2.34. The molecule has 2 aliphatic rings. The van der Waals surface area contributed by atoms with Crippen LogP contribution in [-0.2, 0) is 32.6 Å². The zero-order valence-electron chi connectivity index (χ0n) is 26.9. The van der Waals surface area contributed by atoms with Crippen molar-refractivity contribution in [2.24, 2.45) is 5.92 Å². The average molecular weight is 676 g/mol. The van der Waals surface area contributed by atoms with Gasteiger partial charge in [0.15, 0.2) is 0 Å². The molecule has 2 aromatic carbocycles. The van der Waals surface area contributed by atoms with E-state index in [-0.39, 0.29) is 37.0 Å². The van der Waals surface area contributed by atoms with Crippen molar-refractivity contribution >= 4 is 39.1 Å². The van der Waals surface area contributed by atoms with E-state index in [0.717, 1.165) is 30.4 Å². The molecule has 0 saturated heterocycles. The Bertz CT molecular complexity index is 1520. The van der Waals surface area contributed by atoms with Gasteiger partial charge < -0.3 is 24.8 Å². The van der Waals surface area contributed by atoms with Crippen molar-refractivity contribution in [3.63, 3.8) is 0 Å². The monoisotopic (exact) mass is 675 g/mol. The number of amides is 2. The zero-order valence-corrected chi connectivity index (χ0v) is 28.5. The van der Waals surface area contributed by atoms with Crippen molar-refractivity contribution in [2.45, 2.75) is 76.3 Å². The van der Waals surface area contributed by atoms with E-state index in [4.69, 9.17) is 21.1 Å². The number of halogens is 1. The fourth-order valence-electron chi connectivity index (χ4n) is 5.97. The largest absolute Gasteiger partial charge is 0.487 e. The van der Waals surface area contributed by atoms with Crippen LogP contribution in [0, 0.1) is 5.92 Å². The molecule has 2 bridgehead atoms. The van der Waals surface area contributed by atoms with Gasteiger partial charge in [-0.2, -0.15) is 0 Å². The van der Waals surface area contributed by atoms with Gasteiger partial charge in [0.05, 0.1) is 29.6 Å². The van der Waals surface area contributed by atoms with E-state index in [1.807, 2.05) is 37.3 Å². The van der Waals surface area contributed by atoms with Gasteiger partial charge in [0.2, 0.25) is 15.9 Å². The van der Waals surface area contributed by atoms with Crippen LogP contribution < -0.4 is 19.7 Å². The molecule has 0 saturated carbocycles. The number of rotatable bonds is 5. The van der Waals surface area contributed by atoms with Crippen LogP contribution >= 0.6 is 11.6 Å². The van der Waals surface area contributed by atoms with E-state index in [1.54, 1.807) is 32.2 Å². The first-order valence-corrected chi connectivity index (χ1v) is 17.8. The minimum Gasteiger partial charge on any atom is -0.487 e. The molecule has 0 aromatic heterocycles. The number of ether oxygens (including phenoxy) is 2. The molecule has 2 amide bonds. The quantitative estimate of drug-likeness (QED) is 0.386. The van der Waals surface area contributed by atoms with Gasteiger partial charge in [-0.3, -0.25) is 9.59 Å². The fourth-order valence-corrected chi connectivity index (χ4v) is 7.45. The van der Waals surface area contributed by atoms with E-state index in [1.165, 1.54) is 0 Å². The second-order valence-corrected chi connectivity index (χ2v) is 14.7. The lowest BCUT2D eigenvalue weighted by molar-refractivity contribution is -0.126. The number of aliphatic hydroxyl groups is 1. The van der Waals surface area contributed by atoms with Gasteiger partial charge >= 0.3 is 0 Å². The van der Waals surface area contributed by atoms with Crippen LogP contribution in [0.5, 0.6) is 5.75 Å². The molecular formula is C34H46ClN3O7S. The van der Waals surface area contributed by atoms with Crippen LogP contribution in [-0.4, -0.2) is 69.5 Å². The Labute approximate surface area is 277 Å². The van der Waals surface area contributed by atoms with Crippen LogP contribution in [0.4, 0.5) is 5.69 Å². The number of benzene rings is 2. The van der Waals surface area contributed by atoms with E-state index in [2.05, 4.69) is 14.9 Å². The topological polar surface area (TPSA) is 134 Å². The molecule has 3 atom stereocenters. The molecule has 0 aliphatic carbocycles. The number of aryl methyl sites for hydroxylation is 1. The number of sulfonamides is 1. The number of hydrogen-bond donors (Lipinski definition) is 3. The molecule has 0 spiro atoms. The van der Waals surface area contributed by atoms with Gasteiger partial charge in [-0.05, 0) is 92.8 Å². The third kappa shape index (κ3) is 9.24. The summed E-state index contributed by atoms with van der Waals surface area (Å²) in [4.78, 5) is 28.3. The molecule has 46 heavy (non-hydrogen) atoms. The lowest BCUT2D eigenvalue weighted by Crippen LogP contribution is -2.40. The van der Waals surface area contributed by atoms with E-state index in [0.29, 0.717) is 55.4 Å². The number of hydrogen-bond acceptors (Lipinski definition) is 8. The standard InChI is InChI=1S/C34H46ClN3O7S/c1-24-8-6-14-34(44-3,22-32(40)36-16-19-39)15-7-18-38-17-5-4-9-26-20-29(35)12-10-28(26)23-45-31-13-11-27(21-30(31)38)33(41)37-46(42,43)25(24)2/h6,10-14,20-21,24-25,39H,4-5,7-9,15-19,22-23H2,1-3H3,(H,36,40)(H,37,41)/b14-6+/t24-,25+,34-/m0/s1. The highest BCUT2D eigenvalue weighted by Gasteiger charge is 2.32. The summed E-state index contributed by atoms with van der Waals surface area (Å²) in [6.07, 6.45) is 7.91. The Kier molecular flexibility index (Phi) is 12.5. The van der Waals surface area contributed by atoms with Crippen LogP contribution in [0.25, 0.3) is 0 Å². The Hall–Kier alpha value is -3.12. The predicted molar refractivity (Wildman–Crippen MR) is 180 cm³/mol. The average Bonchev–Trinajstić information content (AvgIpc) is 3.05. The number of fused-ring (bicyclic) bond motifs is 2. The highest BCUT2D eigenvalue weighted by atomic mass is 35.5. The van der Waals surface area contributed by atoms with Gasteiger partial charge in [0.1, 0.15) is 12.4 Å². The molecule has 4 rings (SSSR count). The Morgan fingerprint density at radius 1 is 1.15 bits per heavy atom.